The monoisotopic (exact) mass is 883 g/mol. The van der Waals surface area contributed by atoms with Gasteiger partial charge in [-0.3, -0.25) is 0 Å². The van der Waals surface area contributed by atoms with E-state index >= 15 is 0 Å². The second-order valence-electron chi connectivity index (χ2n) is 25.1. The van der Waals surface area contributed by atoms with Gasteiger partial charge in [0.25, 0.3) is 6.71 Å². The molecular weight excluding hydrogens is 816 g/mol. The lowest BCUT2D eigenvalue weighted by Gasteiger charge is -2.48. The fourth-order valence-electron chi connectivity index (χ4n) is 14.1. The SMILES string of the molecule is C=Cc1cc2c3c(c1)N(c1cccc4sc5ccccc5c14)c1cc4c(cc1B3c1cc3c(cc1N2c1cc2c(cc1C)C(C)(C)CCC2(C)C)C(C)(C)CC3(C)C)C(C)(C)CCC4(C)C. The van der Waals surface area contributed by atoms with Crippen molar-refractivity contribution < 1.29 is 0 Å². The predicted molar refractivity (Wildman–Crippen MR) is 289 cm³/mol. The molecule has 2 nitrogen and oxygen atoms in total. The molecule has 0 atom stereocenters. The molecule has 5 aliphatic rings. The molecule has 3 heterocycles. The van der Waals surface area contributed by atoms with Crippen LogP contribution in [0.4, 0.5) is 34.1 Å². The van der Waals surface area contributed by atoms with Crippen molar-refractivity contribution in [3.8, 4) is 0 Å². The van der Waals surface area contributed by atoms with E-state index in [1.807, 2.05) is 11.3 Å². The lowest BCUT2D eigenvalue weighted by atomic mass is 9.32. The number of rotatable bonds is 3. The Morgan fingerprint density at radius 2 is 0.939 bits per heavy atom. The maximum atomic E-state index is 4.51. The molecule has 0 bridgehead atoms. The molecule has 0 unspecified atom stereocenters. The van der Waals surface area contributed by atoms with Crippen LogP contribution in [0.2, 0.25) is 0 Å². The van der Waals surface area contributed by atoms with Crippen LogP contribution in [0.25, 0.3) is 26.2 Å². The summed E-state index contributed by atoms with van der Waals surface area (Å²) in [5, 5.41) is 2.66. The van der Waals surface area contributed by atoms with E-state index in [4.69, 9.17) is 0 Å². The van der Waals surface area contributed by atoms with Crippen LogP contribution < -0.4 is 26.2 Å². The van der Waals surface area contributed by atoms with E-state index in [-0.39, 0.29) is 39.2 Å². The summed E-state index contributed by atoms with van der Waals surface area (Å²) in [5.74, 6) is 0. The van der Waals surface area contributed by atoms with Gasteiger partial charge < -0.3 is 9.80 Å². The van der Waals surface area contributed by atoms with Gasteiger partial charge in [-0.15, -0.1) is 11.3 Å². The summed E-state index contributed by atoms with van der Waals surface area (Å²) in [6, 6.07) is 36.9. The largest absolute Gasteiger partial charge is 0.311 e. The molecule has 66 heavy (non-hydrogen) atoms. The van der Waals surface area contributed by atoms with E-state index < -0.39 is 0 Å². The number of benzene rings is 6. The van der Waals surface area contributed by atoms with Crippen LogP contribution >= 0.6 is 11.3 Å². The molecule has 0 fully saturated rings. The van der Waals surface area contributed by atoms with Gasteiger partial charge in [-0.25, -0.2) is 0 Å². The van der Waals surface area contributed by atoms with Crippen LogP contribution in [0.5, 0.6) is 0 Å². The van der Waals surface area contributed by atoms with Crippen molar-refractivity contribution in [3.05, 3.63) is 142 Å². The topological polar surface area (TPSA) is 6.48 Å². The van der Waals surface area contributed by atoms with Gasteiger partial charge in [0.1, 0.15) is 0 Å². The van der Waals surface area contributed by atoms with Crippen LogP contribution in [0.1, 0.15) is 160 Å². The third-order valence-electron chi connectivity index (χ3n) is 17.8. The fourth-order valence-corrected chi connectivity index (χ4v) is 15.2. The van der Waals surface area contributed by atoms with Gasteiger partial charge in [0.15, 0.2) is 0 Å². The quantitative estimate of drug-likeness (QED) is 0.163. The third-order valence-corrected chi connectivity index (χ3v) is 18.9. The lowest BCUT2D eigenvalue weighted by Crippen LogP contribution is -2.62. The molecular formula is C62H67BN2S. The first-order chi connectivity index (χ1) is 31.0. The van der Waals surface area contributed by atoms with Gasteiger partial charge in [0, 0.05) is 48.6 Å². The van der Waals surface area contributed by atoms with Crippen molar-refractivity contribution in [2.75, 3.05) is 9.80 Å². The van der Waals surface area contributed by atoms with Crippen LogP contribution in [-0.4, -0.2) is 6.71 Å². The summed E-state index contributed by atoms with van der Waals surface area (Å²) in [5.41, 5.74) is 23.9. The highest BCUT2D eigenvalue weighted by molar-refractivity contribution is 7.26. The highest BCUT2D eigenvalue weighted by atomic mass is 32.1. The minimum atomic E-state index is 0.0362. The molecule has 0 saturated heterocycles. The average molecular weight is 883 g/mol. The molecule has 3 aliphatic carbocycles. The molecule has 0 spiro atoms. The minimum Gasteiger partial charge on any atom is -0.311 e. The Balaban J connectivity index is 1.25. The Kier molecular flexibility index (Phi) is 8.55. The molecule has 0 radical (unpaired) electrons. The fraction of sp³-hybridized carbons (Fsp3) is 0.387. The molecule has 0 N–H and O–H groups in total. The zero-order valence-corrected chi connectivity index (χ0v) is 42.7. The highest BCUT2D eigenvalue weighted by Crippen LogP contribution is 2.56. The standard InChI is InChI=1S/C62H67BN2S/c1-15-37-28-51-56-52(29-37)65(48-32-42-39(27-36(48)2)57(3,4)23-25-59(42,7)8)50-34-44-41(61(11,12)35-62(44,13)14)31-46(50)63(56)45-30-40-43(60(9,10)26-24-58(40,5)6)33-49(45)64(51)47-20-18-22-54-55(47)38-19-16-17-21-53(38)66-54/h15-22,27-34H,1,23-26,35H2,2-14H3. The predicted octanol–water partition coefficient (Wildman–Crippen LogP) is 15.7. The summed E-state index contributed by atoms with van der Waals surface area (Å²) < 4.78 is 2.66. The normalized spacial score (nSPS) is 20.6. The summed E-state index contributed by atoms with van der Waals surface area (Å²) >= 11 is 1.91. The number of thiophene rings is 1. The van der Waals surface area contributed by atoms with Crippen LogP contribution in [-0.2, 0) is 32.5 Å². The van der Waals surface area contributed by atoms with Gasteiger partial charge >= 0.3 is 0 Å². The van der Waals surface area contributed by atoms with E-state index in [1.165, 1.54) is 135 Å². The zero-order valence-electron chi connectivity index (χ0n) is 41.9. The molecule has 1 aromatic heterocycles. The van der Waals surface area contributed by atoms with Gasteiger partial charge in [-0.05, 0) is 181 Å². The molecule has 0 amide bonds. The second kappa shape index (κ2) is 13.3. The van der Waals surface area contributed by atoms with Crippen molar-refractivity contribution in [3.63, 3.8) is 0 Å². The number of nitrogens with zero attached hydrogens (tertiary/aromatic N) is 2. The first kappa shape index (κ1) is 42.3. The van der Waals surface area contributed by atoms with E-state index in [1.54, 1.807) is 0 Å². The summed E-state index contributed by atoms with van der Waals surface area (Å²) in [4.78, 5) is 5.42. The van der Waals surface area contributed by atoms with Crippen molar-refractivity contribution in [2.45, 2.75) is 155 Å². The molecule has 0 saturated carbocycles. The maximum absolute atomic E-state index is 4.51. The van der Waals surface area contributed by atoms with E-state index in [0.717, 1.165) is 12.0 Å². The van der Waals surface area contributed by atoms with Crippen molar-refractivity contribution in [1.82, 2.24) is 0 Å². The second-order valence-corrected chi connectivity index (χ2v) is 26.2. The lowest BCUT2D eigenvalue weighted by molar-refractivity contribution is 0.332. The minimum absolute atomic E-state index is 0.0362. The number of fused-ring (bicyclic) bond motifs is 10. The molecule has 12 rings (SSSR count). The molecule has 2 aliphatic heterocycles. The summed E-state index contributed by atoms with van der Waals surface area (Å²) in [6.45, 7) is 36.7. The maximum Gasteiger partial charge on any atom is 0.252 e. The Bertz CT molecular complexity index is 3300. The number of anilines is 6. The molecule has 4 heteroatoms. The number of hydrogen-bond donors (Lipinski definition) is 0. The third kappa shape index (κ3) is 5.72. The van der Waals surface area contributed by atoms with Gasteiger partial charge in [-0.2, -0.15) is 0 Å². The van der Waals surface area contributed by atoms with Gasteiger partial charge in [0.2, 0.25) is 0 Å². The molecule has 7 aromatic rings. The highest BCUT2D eigenvalue weighted by Gasteiger charge is 2.50. The Morgan fingerprint density at radius 1 is 0.485 bits per heavy atom. The number of hydrogen-bond acceptors (Lipinski definition) is 3. The summed E-state index contributed by atoms with van der Waals surface area (Å²) in [6.07, 6.45) is 7.94. The number of aryl methyl sites for hydroxylation is 1. The van der Waals surface area contributed by atoms with Crippen molar-refractivity contribution in [2.24, 2.45) is 0 Å². The summed E-state index contributed by atoms with van der Waals surface area (Å²) in [7, 11) is 0. The van der Waals surface area contributed by atoms with Gasteiger partial charge in [-0.1, -0.05) is 138 Å². The van der Waals surface area contributed by atoms with Crippen LogP contribution in [0.15, 0.2) is 97.6 Å². The first-order valence-corrected chi connectivity index (χ1v) is 25.7. The van der Waals surface area contributed by atoms with Crippen molar-refractivity contribution >= 4 is 94.8 Å². The average Bonchev–Trinajstić information content (AvgIpc) is 3.73. The van der Waals surface area contributed by atoms with Gasteiger partial charge in [0.05, 0.1) is 5.69 Å². The Labute approximate surface area is 399 Å². The smallest absolute Gasteiger partial charge is 0.252 e. The van der Waals surface area contributed by atoms with E-state index in [0.29, 0.717) is 0 Å². The van der Waals surface area contributed by atoms with E-state index in [9.17, 15) is 0 Å². The molecule has 6 aromatic carbocycles. The molecule has 334 valence electrons. The van der Waals surface area contributed by atoms with Crippen LogP contribution in [0, 0.1) is 6.92 Å². The van der Waals surface area contributed by atoms with Crippen LogP contribution in [0.3, 0.4) is 0 Å². The zero-order chi connectivity index (χ0) is 46.4. The Hall–Kier alpha value is -5.06. The first-order valence-electron chi connectivity index (χ1n) is 24.9. The Morgan fingerprint density at radius 3 is 1.50 bits per heavy atom. The van der Waals surface area contributed by atoms with E-state index in [2.05, 4.69) is 203 Å². The van der Waals surface area contributed by atoms with Crippen molar-refractivity contribution in [1.29, 1.82) is 0 Å².